The molecule has 4 nitrogen and oxygen atoms in total. The van der Waals surface area contributed by atoms with E-state index in [1.54, 1.807) is 6.07 Å². The number of hydrogen-bond acceptors (Lipinski definition) is 4. The third kappa shape index (κ3) is 4.19. The van der Waals surface area contributed by atoms with Gasteiger partial charge in [0.1, 0.15) is 4.88 Å². The number of rotatable bonds is 4. The standard InChI is InChI=1S/C17H14F3NO3S/c18-17(19,20)11-4-2-5-12(8-11)21-15(22)9-24-16(23)14-7-10-3-1-6-13(10)25-14/h2,4-5,7-8H,1,3,6,9H2,(H,21,22). The Labute approximate surface area is 145 Å². The van der Waals surface area contributed by atoms with E-state index in [4.69, 9.17) is 4.74 Å². The summed E-state index contributed by atoms with van der Waals surface area (Å²) in [6, 6.07) is 6.03. The molecule has 1 heterocycles. The van der Waals surface area contributed by atoms with E-state index in [9.17, 15) is 22.8 Å². The van der Waals surface area contributed by atoms with E-state index in [0.717, 1.165) is 37.0 Å². The first-order valence-corrected chi connectivity index (χ1v) is 8.40. The zero-order valence-corrected chi connectivity index (χ0v) is 13.8. The zero-order valence-electron chi connectivity index (χ0n) is 13.0. The van der Waals surface area contributed by atoms with E-state index in [1.165, 1.54) is 28.3 Å². The summed E-state index contributed by atoms with van der Waals surface area (Å²) in [6.45, 7) is -0.558. The van der Waals surface area contributed by atoms with Crippen molar-refractivity contribution in [3.05, 3.63) is 51.2 Å². The average Bonchev–Trinajstić information content (AvgIpc) is 3.13. The molecule has 1 aliphatic rings. The molecule has 0 fully saturated rings. The molecule has 0 atom stereocenters. The van der Waals surface area contributed by atoms with Crippen LogP contribution in [0.5, 0.6) is 0 Å². The highest BCUT2D eigenvalue weighted by Crippen LogP contribution is 2.31. The first kappa shape index (κ1) is 17.5. The Morgan fingerprint density at radius 3 is 2.72 bits per heavy atom. The highest BCUT2D eigenvalue weighted by molar-refractivity contribution is 7.14. The number of amides is 1. The molecule has 8 heteroatoms. The summed E-state index contributed by atoms with van der Waals surface area (Å²) in [6.07, 6.45) is -1.53. The topological polar surface area (TPSA) is 55.4 Å². The van der Waals surface area contributed by atoms with Crippen LogP contribution >= 0.6 is 11.3 Å². The van der Waals surface area contributed by atoms with Crippen LogP contribution in [0.3, 0.4) is 0 Å². The molecule has 1 N–H and O–H groups in total. The minimum Gasteiger partial charge on any atom is -0.451 e. The molecule has 0 saturated heterocycles. The van der Waals surface area contributed by atoms with Crippen LogP contribution in [0, 0.1) is 0 Å². The third-order valence-corrected chi connectivity index (χ3v) is 4.97. The molecule has 0 unspecified atom stereocenters. The zero-order chi connectivity index (χ0) is 18.0. The average molecular weight is 369 g/mol. The second kappa shape index (κ2) is 6.87. The van der Waals surface area contributed by atoms with E-state index < -0.39 is 30.2 Å². The Bertz CT molecular complexity index is 792. The maximum Gasteiger partial charge on any atom is 0.416 e. The lowest BCUT2D eigenvalue weighted by Crippen LogP contribution is -2.21. The van der Waals surface area contributed by atoms with E-state index in [-0.39, 0.29) is 5.69 Å². The number of anilines is 1. The number of benzene rings is 1. The van der Waals surface area contributed by atoms with Crippen molar-refractivity contribution in [3.63, 3.8) is 0 Å². The molecule has 2 aromatic rings. The van der Waals surface area contributed by atoms with Gasteiger partial charge in [-0.15, -0.1) is 11.3 Å². The van der Waals surface area contributed by atoms with Crippen molar-refractivity contribution in [1.82, 2.24) is 0 Å². The van der Waals surface area contributed by atoms with Gasteiger partial charge in [0.25, 0.3) is 5.91 Å². The molecule has 1 aromatic carbocycles. The van der Waals surface area contributed by atoms with Gasteiger partial charge in [-0.25, -0.2) is 4.79 Å². The number of carbonyl (C=O) groups is 2. The van der Waals surface area contributed by atoms with Crippen molar-refractivity contribution in [2.75, 3.05) is 11.9 Å². The summed E-state index contributed by atoms with van der Waals surface area (Å²) >= 11 is 1.36. The second-order valence-electron chi connectivity index (χ2n) is 5.62. The largest absolute Gasteiger partial charge is 0.451 e. The van der Waals surface area contributed by atoms with Gasteiger partial charge in [0.05, 0.1) is 5.56 Å². The fourth-order valence-corrected chi connectivity index (χ4v) is 3.75. The van der Waals surface area contributed by atoms with E-state index >= 15 is 0 Å². The van der Waals surface area contributed by atoms with Gasteiger partial charge in [0.2, 0.25) is 0 Å². The minimum absolute atomic E-state index is 0.00836. The highest BCUT2D eigenvalue weighted by Gasteiger charge is 2.30. The number of aryl methyl sites for hydroxylation is 2. The van der Waals surface area contributed by atoms with E-state index in [1.807, 2.05) is 0 Å². The molecule has 0 radical (unpaired) electrons. The van der Waals surface area contributed by atoms with Gasteiger partial charge in [-0.1, -0.05) is 6.07 Å². The van der Waals surface area contributed by atoms with Crippen LogP contribution < -0.4 is 5.32 Å². The van der Waals surface area contributed by atoms with Gasteiger partial charge in [0, 0.05) is 10.6 Å². The summed E-state index contributed by atoms with van der Waals surface area (Å²) in [5.41, 5.74) is 0.270. The summed E-state index contributed by atoms with van der Waals surface area (Å²) < 4.78 is 42.8. The maximum absolute atomic E-state index is 12.6. The van der Waals surface area contributed by atoms with Crippen LogP contribution in [-0.2, 0) is 28.5 Å². The Hall–Kier alpha value is -2.35. The summed E-state index contributed by atoms with van der Waals surface area (Å²) in [4.78, 5) is 25.3. The first-order chi connectivity index (χ1) is 11.8. The van der Waals surface area contributed by atoms with Crippen LogP contribution in [0.4, 0.5) is 18.9 Å². The molecule has 0 bridgehead atoms. The minimum atomic E-state index is -4.49. The van der Waals surface area contributed by atoms with Gasteiger partial charge in [-0.05, 0) is 49.1 Å². The van der Waals surface area contributed by atoms with Crippen LogP contribution in [-0.4, -0.2) is 18.5 Å². The number of fused-ring (bicyclic) bond motifs is 1. The fraction of sp³-hybridized carbons (Fsp3) is 0.294. The number of halogens is 3. The molecule has 1 aromatic heterocycles. The highest BCUT2D eigenvalue weighted by atomic mass is 32.1. The SMILES string of the molecule is O=C(COC(=O)c1cc2c(s1)CCC2)Nc1cccc(C(F)(F)F)c1. The van der Waals surface area contributed by atoms with Gasteiger partial charge < -0.3 is 10.1 Å². The summed E-state index contributed by atoms with van der Waals surface area (Å²) in [5.74, 6) is -1.30. The first-order valence-electron chi connectivity index (χ1n) is 7.59. The molecule has 0 saturated carbocycles. The molecule has 25 heavy (non-hydrogen) atoms. The molecule has 1 aliphatic carbocycles. The number of carbonyl (C=O) groups excluding carboxylic acids is 2. The van der Waals surface area contributed by atoms with E-state index in [2.05, 4.69) is 5.32 Å². The number of nitrogens with one attached hydrogen (secondary N) is 1. The molecule has 1 amide bonds. The van der Waals surface area contributed by atoms with Gasteiger partial charge in [0.15, 0.2) is 6.61 Å². The molecular formula is C17H14F3NO3S. The predicted octanol–water partition coefficient (Wildman–Crippen LogP) is 4.05. The molecular weight excluding hydrogens is 355 g/mol. The number of thiophene rings is 1. The van der Waals surface area contributed by atoms with Gasteiger partial charge >= 0.3 is 12.1 Å². The van der Waals surface area contributed by atoms with Crippen LogP contribution in [0.25, 0.3) is 0 Å². The predicted molar refractivity (Wildman–Crippen MR) is 86.7 cm³/mol. The Morgan fingerprint density at radius 1 is 1.20 bits per heavy atom. The Balaban J connectivity index is 1.55. The Kier molecular flexibility index (Phi) is 4.80. The number of esters is 1. The lowest BCUT2D eigenvalue weighted by atomic mass is 10.2. The van der Waals surface area contributed by atoms with Crippen molar-refractivity contribution >= 4 is 28.9 Å². The monoisotopic (exact) mass is 369 g/mol. The number of hydrogen-bond donors (Lipinski definition) is 1. The molecule has 0 aliphatic heterocycles. The summed E-state index contributed by atoms with van der Waals surface area (Å²) in [5, 5.41) is 2.29. The van der Waals surface area contributed by atoms with E-state index in [0.29, 0.717) is 4.88 Å². The third-order valence-electron chi connectivity index (χ3n) is 3.76. The van der Waals surface area contributed by atoms with Crippen molar-refractivity contribution in [2.45, 2.75) is 25.4 Å². The second-order valence-corrected chi connectivity index (χ2v) is 6.75. The fourth-order valence-electron chi connectivity index (χ4n) is 2.60. The van der Waals surface area contributed by atoms with Gasteiger partial charge in [-0.2, -0.15) is 13.2 Å². The van der Waals surface area contributed by atoms with Crippen molar-refractivity contribution in [3.8, 4) is 0 Å². The molecule has 3 rings (SSSR count). The maximum atomic E-state index is 12.6. The lowest BCUT2D eigenvalue weighted by molar-refractivity contribution is -0.137. The number of ether oxygens (including phenoxy) is 1. The van der Waals surface area contributed by atoms with Crippen molar-refractivity contribution < 1.29 is 27.5 Å². The summed E-state index contributed by atoms with van der Waals surface area (Å²) in [7, 11) is 0. The normalized spacial score (nSPS) is 13.4. The lowest BCUT2D eigenvalue weighted by Gasteiger charge is -2.10. The molecule has 132 valence electrons. The smallest absolute Gasteiger partial charge is 0.416 e. The quantitative estimate of drug-likeness (QED) is 0.828. The number of alkyl halides is 3. The van der Waals surface area contributed by atoms with Crippen molar-refractivity contribution in [2.24, 2.45) is 0 Å². The van der Waals surface area contributed by atoms with Crippen LogP contribution in [0.15, 0.2) is 30.3 Å². The molecule has 0 spiro atoms. The Morgan fingerprint density at radius 2 is 2.00 bits per heavy atom. The van der Waals surface area contributed by atoms with Crippen LogP contribution in [0.2, 0.25) is 0 Å². The van der Waals surface area contributed by atoms with Crippen molar-refractivity contribution in [1.29, 1.82) is 0 Å². The van der Waals surface area contributed by atoms with Crippen LogP contribution in [0.1, 0.15) is 32.1 Å². The van der Waals surface area contributed by atoms with Gasteiger partial charge in [-0.3, -0.25) is 4.79 Å².